The summed E-state index contributed by atoms with van der Waals surface area (Å²) in [6.07, 6.45) is 0. The molecular formula is C16H11NS2. The molecule has 0 radical (unpaired) electrons. The van der Waals surface area contributed by atoms with Crippen LogP contribution in [0.2, 0.25) is 0 Å². The summed E-state index contributed by atoms with van der Waals surface area (Å²) in [6, 6.07) is 19.3. The summed E-state index contributed by atoms with van der Waals surface area (Å²) in [7, 11) is 0. The average molecular weight is 281 g/mol. The zero-order valence-corrected chi connectivity index (χ0v) is 11.7. The Bertz CT molecular complexity index is 844. The van der Waals surface area contributed by atoms with E-state index in [2.05, 4.69) is 65.3 Å². The summed E-state index contributed by atoms with van der Waals surface area (Å²) in [5.74, 6) is 0. The molecule has 0 fully saturated rings. The van der Waals surface area contributed by atoms with Crippen LogP contribution in [-0.2, 0) is 0 Å². The molecule has 92 valence electrons. The molecular weight excluding hydrogens is 270 g/mol. The topological polar surface area (TPSA) is 12.0 Å². The van der Waals surface area contributed by atoms with Crippen molar-refractivity contribution >= 4 is 53.5 Å². The molecule has 0 spiro atoms. The Morgan fingerprint density at radius 1 is 0.789 bits per heavy atom. The van der Waals surface area contributed by atoms with Gasteiger partial charge in [-0.3, -0.25) is 0 Å². The minimum Gasteiger partial charge on any atom is -0.347 e. The van der Waals surface area contributed by atoms with E-state index in [1.54, 1.807) is 11.3 Å². The van der Waals surface area contributed by atoms with Crippen molar-refractivity contribution in [1.82, 2.24) is 0 Å². The molecule has 0 bridgehead atoms. The van der Waals surface area contributed by atoms with Crippen LogP contribution in [0.25, 0.3) is 20.2 Å². The number of hydrogen-bond donors (Lipinski definition) is 1. The van der Waals surface area contributed by atoms with Crippen molar-refractivity contribution in [3.05, 3.63) is 60.0 Å². The Morgan fingerprint density at radius 2 is 1.68 bits per heavy atom. The van der Waals surface area contributed by atoms with Crippen molar-refractivity contribution in [1.29, 1.82) is 0 Å². The van der Waals surface area contributed by atoms with Crippen LogP contribution in [0, 0.1) is 0 Å². The Morgan fingerprint density at radius 3 is 2.58 bits per heavy atom. The number of rotatable bonds is 2. The maximum Gasteiger partial charge on any atom is 0.0926 e. The summed E-state index contributed by atoms with van der Waals surface area (Å²) in [5.41, 5.74) is 1.15. The van der Waals surface area contributed by atoms with Crippen molar-refractivity contribution in [2.45, 2.75) is 0 Å². The van der Waals surface area contributed by atoms with E-state index in [0.717, 1.165) is 5.69 Å². The van der Waals surface area contributed by atoms with Gasteiger partial charge in [0, 0.05) is 25.9 Å². The van der Waals surface area contributed by atoms with Crippen LogP contribution >= 0.6 is 22.7 Å². The third-order valence-corrected chi connectivity index (χ3v) is 5.10. The molecule has 0 aliphatic rings. The molecule has 0 amide bonds. The van der Waals surface area contributed by atoms with Gasteiger partial charge in [-0.25, -0.2) is 0 Å². The summed E-state index contributed by atoms with van der Waals surface area (Å²) >= 11 is 3.57. The largest absolute Gasteiger partial charge is 0.347 e. The van der Waals surface area contributed by atoms with Gasteiger partial charge in [-0.1, -0.05) is 18.2 Å². The molecule has 2 heterocycles. The van der Waals surface area contributed by atoms with E-state index < -0.39 is 0 Å². The van der Waals surface area contributed by atoms with Gasteiger partial charge in [0.1, 0.15) is 0 Å². The highest BCUT2D eigenvalue weighted by molar-refractivity contribution is 7.25. The molecule has 2 aromatic heterocycles. The Kier molecular flexibility index (Phi) is 2.53. The number of anilines is 2. The number of nitrogens with one attached hydrogen (secondary N) is 1. The molecule has 1 N–H and O–H groups in total. The minimum absolute atomic E-state index is 1.15. The first-order chi connectivity index (χ1) is 9.40. The Balaban J connectivity index is 1.87. The molecule has 2 aromatic carbocycles. The highest BCUT2D eigenvalue weighted by Crippen LogP contribution is 2.35. The summed E-state index contributed by atoms with van der Waals surface area (Å²) in [4.78, 5) is 0. The molecule has 4 aromatic rings. The van der Waals surface area contributed by atoms with Gasteiger partial charge >= 0.3 is 0 Å². The van der Waals surface area contributed by atoms with Crippen molar-refractivity contribution in [3.63, 3.8) is 0 Å². The second-order valence-electron chi connectivity index (χ2n) is 4.41. The van der Waals surface area contributed by atoms with E-state index in [1.165, 1.54) is 25.2 Å². The maximum absolute atomic E-state index is 3.45. The van der Waals surface area contributed by atoms with E-state index in [-0.39, 0.29) is 0 Å². The highest BCUT2D eigenvalue weighted by atomic mass is 32.1. The second-order valence-corrected chi connectivity index (χ2v) is 6.44. The normalized spacial score (nSPS) is 11.2. The van der Waals surface area contributed by atoms with Crippen LogP contribution in [0.5, 0.6) is 0 Å². The average Bonchev–Trinajstić information content (AvgIpc) is 3.06. The molecule has 0 saturated carbocycles. The third-order valence-electron chi connectivity index (χ3n) is 3.17. The van der Waals surface area contributed by atoms with Crippen molar-refractivity contribution in [2.75, 3.05) is 5.32 Å². The second kappa shape index (κ2) is 4.37. The first-order valence-electron chi connectivity index (χ1n) is 6.12. The van der Waals surface area contributed by atoms with Crippen LogP contribution in [0.1, 0.15) is 0 Å². The molecule has 0 unspecified atom stereocenters. The standard InChI is InChI=1S/C16H11NS2/c1-2-5-14-12(4-1)13-10-11(7-8-15(13)19-14)17-16-6-3-9-18-16/h1-10,17H. The van der Waals surface area contributed by atoms with E-state index in [0.29, 0.717) is 0 Å². The van der Waals surface area contributed by atoms with Crippen LogP contribution in [0.3, 0.4) is 0 Å². The fourth-order valence-corrected chi connectivity index (χ4v) is 4.02. The quantitative estimate of drug-likeness (QED) is 0.485. The number of fused-ring (bicyclic) bond motifs is 3. The lowest BCUT2D eigenvalue weighted by Crippen LogP contribution is -1.85. The fraction of sp³-hybridized carbons (Fsp3) is 0. The van der Waals surface area contributed by atoms with E-state index in [1.807, 2.05) is 11.3 Å². The molecule has 0 atom stereocenters. The lowest BCUT2D eigenvalue weighted by molar-refractivity contribution is 1.66. The highest BCUT2D eigenvalue weighted by Gasteiger charge is 2.05. The minimum atomic E-state index is 1.15. The van der Waals surface area contributed by atoms with Crippen molar-refractivity contribution in [2.24, 2.45) is 0 Å². The monoisotopic (exact) mass is 281 g/mol. The van der Waals surface area contributed by atoms with E-state index >= 15 is 0 Å². The van der Waals surface area contributed by atoms with Gasteiger partial charge in [0.25, 0.3) is 0 Å². The first kappa shape index (κ1) is 11.0. The number of hydrogen-bond acceptors (Lipinski definition) is 3. The SMILES string of the molecule is c1csc(Nc2ccc3sc4ccccc4c3c2)c1. The van der Waals surface area contributed by atoms with Crippen LogP contribution in [0.15, 0.2) is 60.0 Å². The van der Waals surface area contributed by atoms with Gasteiger partial charge in [0.15, 0.2) is 0 Å². The first-order valence-corrected chi connectivity index (χ1v) is 7.81. The smallest absolute Gasteiger partial charge is 0.0926 e. The zero-order valence-electron chi connectivity index (χ0n) is 10.1. The number of benzene rings is 2. The van der Waals surface area contributed by atoms with Gasteiger partial charge in [0.05, 0.1) is 5.00 Å². The molecule has 0 aliphatic heterocycles. The lowest BCUT2D eigenvalue weighted by Gasteiger charge is -2.03. The van der Waals surface area contributed by atoms with E-state index in [4.69, 9.17) is 0 Å². The Labute approximate surface area is 119 Å². The van der Waals surface area contributed by atoms with Crippen LogP contribution < -0.4 is 5.32 Å². The molecule has 3 heteroatoms. The zero-order chi connectivity index (χ0) is 12.7. The summed E-state index contributed by atoms with van der Waals surface area (Å²) in [5, 5.41) is 9.40. The van der Waals surface area contributed by atoms with Gasteiger partial charge in [-0.2, -0.15) is 0 Å². The predicted molar refractivity (Wildman–Crippen MR) is 86.9 cm³/mol. The fourth-order valence-electron chi connectivity index (χ4n) is 2.30. The van der Waals surface area contributed by atoms with Gasteiger partial charge in [-0.05, 0) is 41.8 Å². The number of thiophene rings is 2. The molecule has 19 heavy (non-hydrogen) atoms. The summed E-state index contributed by atoms with van der Waals surface area (Å²) < 4.78 is 2.70. The van der Waals surface area contributed by atoms with Crippen LogP contribution in [0.4, 0.5) is 10.7 Å². The van der Waals surface area contributed by atoms with Gasteiger partial charge < -0.3 is 5.32 Å². The molecule has 0 aliphatic carbocycles. The lowest BCUT2D eigenvalue weighted by atomic mass is 10.1. The van der Waals surface area contributed by atoms with Gasteiger partial charge in [0.2, 0.25) is 0 Å². The third kappa shape index (κ3) is 1.91. The van der Waals surface area contributed by atoms with Crippen molar-refractivity contribution in [3.8, 4) is 0 Å². The Hall–Kier alpha value is -1.84. The molecule has 1 nitrogen and oxygen atoms in total. The predicted octanol–water partition coefficient (Wildman–Crippen LogP) is 5.86. The van der Waals surface area contributed by atoms with Crippen LogP contribution in [-0.4, -0.2) is 0 Å². The molecule has 0 saturated heterocycles. The molecule has 4 rings (SSSR count). The maximum atomic E-state index is 3.45. The van der Waals surface area contributed by atoms with Gasteiger partial charge in [-0.15, -0.1) is 22.7 Å². The van der Waals surface area contributed by atoms with Crippen molar-refractivity contribution < 1.29 is 0 Å². The summed E-state index contributed by atoms with van der Waals surface area (Å²) in [6.45, 7) is 0. The van der Waals surface area contributed by atoms with E-state index in [9.17, 15) is 0 Å².